The Labute approximate surface area is 219 Å². The average Bonchev–Trinajstić information content (AvgIpc) is 3.24. The summed E-state index contributed by atoms with van der Waals surface area (Å²) in [6, 6.07) is 17.2. The van der Waals surface area contributed by atoms with Gasteiger partial charge >= 0.3 is 5.97 Å². The highest BCUT2D eigenvalue weighted by atomic mass is 35.5. The first-order valence-electron chi connectivity index (χ1n) is 11.9. The predicted molar refractivity (Wildman–Crippen MR) is 144 cm³/mol. The number of anilines is 1. The zero-order valence-corrected chi connectivity index (χ0v) is 21.6. The van der Waals surface area contributed by atoms with Crippen molar-refractivity contribution in [3.63, 3.8) is 0 Å². The number of benzene rings is 2. The minimum Gasteiger partial charge on any atom is -0.480 e. The van der Waals surface area contributed by atoms with E-state index < -0.39 is 11.5 Å². The first-order valence-corrected chi connectivity index (χ1v) is 12.7. The lowest BCUT2D eigenvalue weighted by atomic mass is 9.86. The van der Waals surface area contributed by atoms with E-state index in [0.717, 1.165) is 28.2 Å². The SMILES string of the molecule is CC(C)NC1(C(=O)O)CCN(c2ccnc3c(-c4ccc(Cl)cc4)c(-c4ccccc4Cl)nn23)CC1. The van der Waals surface area contributed by atoms with Crippen LogP contribution >= 0.6 is 23.2 Å². The number of piperidine rings is 1. The Morgan fingerprint density at radius 3 is 2.39 bits per heavy atom. The van der Waals surface area contributed by atoms with E-state index in [9.17, 15) is 9.90 Å². The summed E-state index contributed by atoms with van der Waals surface area (Å²) in [6.45, 7) is 5.09. The lowest BCUT2D eigenvalue weighted by molar-refractivity contribution is -0.146. The van der Waals surface area contributed by atoms with Gasteiger partial charge in [-0.15, -0.1) is 0 Å². The summed E-state index contributed by atoms with van der Waals surface area (Å²) in [4.78, 5) is 19.0. The topological polar surface area (TPSA) is 82.8 Å². The lowest BCUT2D eigenvalue weighted by Gasteiger charge is -2.41. The number of hydrogen-bond donors (Lipinski definition) is 2. The smallest absolute Gasteiger partial charge is 0.324 e. The molecule has 0 unspecified atom stereocenters. The highest BCUT2D eigenvalue weighted by Gasteiger charge is 2.42. The number of carboxylic acid groups (broad SMARTS) is 1. The number of nitrogens with one attached hydrogen (secondary N) is 1. The van der Waals surface area contributed by atoms with Gasteiger partial charge in [-0.2, -0.15) is 9.61 Å². The molecule has 0 radical (unpaired) electrons. The van der Waals surface area contributed by atoms with Crippen LogP contribution in [0.4, 0.5) is 5.82 Å². The number of halogens is 2. The van der Waals surface area contributed by atoms with E-state index in [1.807, 2.05) is 73.0 Å². The number of hydrogen-bond acceptors (Lipinski definition) is 5. The van der Waals surface area contributed by atoms with Crippen molar-refractivity contribution in [2.24, 2.45) is 0 Å². The van der Waals surface area contributed by atoms with Crippen molar-refractivity contribution in [3.8, 4) is 22.4 Å². The minimum absolute atomic E-state index is 0.0755. The second kappa shape index (κ2) is 9.73. The summed E-state index contributed by atoms with van der Waals surface area (Å²) in [6.07, 6.45) is 2.73. The summed E-state index contributed by atoms with van der Waals surface area (Å²) >= 11 is 12.8. The maximum atomic E-state index is 12.2. The first-order chi connectivity index (χ1) is 17.3. The fourth-order valence-electron chi connectivity index (χ4n) is 4.99. The molecule has 0 atom stereocenters. The predicted octanol–water partition coefficient (Wildman–Crippen LogP) is 5.79. The molecule has 186 valence electrons. The van der Waals surface area contributed by atoms with E-state index in [2.05, 4.69) is 10.2 Å². The molecule has 36 heavy (non-hydrogen) atoms. The number of aromatic nitrogens is 3. The molecule has 0 spiro atoms. The van der Waals surface area contributed by atoms with Gasteiger partial charge in [-0.3, -0.25) is 10.1 Å². The third-order valence-corrected chi connectivity index (χ3v) is 7.26. The molecule has 0 amide bonds. The van der Waals surface area contributed by atoms with Crippen LogP contribution in [0.15, 0.2) is 60.8 Å². The quantitative estimate of drug-likeness (QED) is 0.332. The Morgan fingerprint density at radius 1 is 1.06 bits per heavy atom. The first kappa shape index (κ1) is 24.6. The van der Waals surface area contributed by atoms with Crippen LogP contribution in [-0.2, 0) is 4.79 Å². The van der Waals surface area contributed by atoms with Crippen molar-refractivity contribution in [2.75, 3.05) is 18.0 Å². The normalized spacial score (nSPS) is 15.5. The molecule has 5 rings (SSSR count). The highest BCUT2D eigenvalue weighted by molar-refractivity contribution is 6.33. The van der Waals surface area contributed by atoms with Gasteiger partial charge in [0.2, 0.25) is 0 Å². The molecule has 4 aromatic rings. The second-order valence-corrected chi connectivity index (χ2v) is 10.3. The van der Waals surface area contributed by atoms with E-state index in [4.69, 9.17) is 33.3 Å². The lowest BCUT2D eigenvalue weighted by Crippen LogP contribution is -2.60. The van der Waals surface area contributed by atoms with Gasteiger partial charge in [-0.25, -0.2) is 4.98 Å². The molecular weight excluding hydrogens is 497 g/mol. The Morgan fingerprint density at radius 2 is 1.75 bits per heavy atom. The van der Waals surface area contributed by atoms with Gasteiger partial charge < -0.3 is 10.0 Å². The zero-order chi connectivity index (χ0) is 25.4. The maximum Gasteiger partial charge on any atom is 0.324 e. The third kappa shape index (κ3) is 4.43. The molecule has 0 aliphatic carbocycles. The number of carbonyl (C=O) groups is 1. The molecule has 1 fully saturated rings. The summed E-state index contributed by atoms with van der Waals surface area (Å²) in [5, 5.41) is 19.5. The van der Waals surface area contributed by atoms with E-state index in [1.54, 1.807) is 6.20 Å². The summed E-state index contributed by atoms with van der Waals surface area (Å²) in [5.74, 6) is 0.0536. The van der Waals surface area contributed by atoms with Crippen molar-refractivity contribution >= 4 is 40.6 Å². The molecule has 0 saturated carbocycles. The fourth-order valence-corrected chi connectivity index (χ4v) is 5.34. The van der Waals surface area contributed by atoms with Crippen molar-refractivity contribution < 1.29 is 9.90 Å². The highest BCUT2D eigenvalue weighted by Crippen LogP contribution is 2.39. The van der Waals surface area contributed by atoms with Crippen molar-refractivity contribution in [2.45, 2.75) is 38.3 Å². The fraction of sp³-hybridized carbons (Fsp3) is 0.296. The molecule has 1 aliphatic heterocycles. The van der Waals surface area contributed by atoms with Crippen molar-refractivity contribution in [3.05, 3.63) is 70.8 Å². The Kier molecular flexibility index (Phi) is 6.64. The molecule has 2 N–H and O–H groups in total. The summed E-state index contributed by atoms with van der Waals surface area (Å²) < 4.78 is 1.84. The van der Waals surface area contributed by atoms with Crippen LogP contribution in [0.5, 0.6) is 0 Å². The van der Waals surface area contributed by atoms with Gasteiger partial charge in [-0.05, 0) is 56.5 Å². The number of carboxylic acids is 1. The van der Waals surface area contributed by atoms with Crippen LogP contribution < -0.4 is 10.2 Å². The van der Waals surface area contributed by atoms with Gasteiger partial charge in [0.05, 0.1) is 10.6 Å². The summed E-state index contributed by atoms with van der Waals surface area (Å²) in [7, 11) is 0. The number of aliphatic carboxylic acids is 1. The van der Waals surface area contributed by atoms with Gasteiger partial charge in [0.25, 0.3) is 0 Å². The molecule has 7 nitrogen and oxygen atoms in total. The molecule has 1 aliphatic rings. The third-order valence-electron chi connectivity index (χ3n) is 6.68. The largest absolute Gasteiger partial charge is 0.480 e. The maximum absolute atomic E-state index is 12.2. The zero-order valence-electron chi connectivity index (χ0n) is 20.1. The Bertz CT molecular complexity index is 1410. The van der Waals surface area contributed by atoms with Crippen molar-refractivity contribution in [1.82, 2.24) is 19.9 Å². The molecule has 1 saturated heterocycles. The number of nitrogens with zero attached hydrogens (tertiary/aromatic N) is 4. The van der Waals surface area contributed by atoms with Gasteiger partial charge in [-0.1, -0.05) is 53.5 Å². The van der Waals surface area contributed by atoms with Gasteiger partial charge in [0.1, 0.15) is 17.1 Å². The van der Waals surface area contributed by atoms with Crippen LogP contribution in [0, 0.1) is 0 Å². The van der Waals surface area contributed by atoms with E-state index in [1.165, 1.54) is 0 Å². The van der Waals surface area contributed by atoms with Crippen molar-refractivity contribution in [1.29, 1.82) is 0 Å². The number of rotatable bonds is 6. The van der Waals surface area contributed by atoms with Gasteiger partial charge in [0, 0.05) is 35.9 Å². The Hall–Kier alpha value is -3.13. The van der Waals surface area contributed by atoms with E-state index in [0.29, 0.717) is 41.6 Å². The van der Waals surface area contributed by atoms with Crippen LogP contribution in [0.3, 0.4) is 0 Å². The summed E-state index contributed by atoms with van der Waals surface area (Å²) in [5.41, 5.74) is 3.09. The second-order valence-electron chi connectivity index (χ2n) is 9.42. The Balaban J connectivity index is 1.61. The average molecular weight is 524 g/mol. The van der Waals surface area contributed by atoms with Crippen LogP contribution in [0.1, 0.15) is 26.7 Å². The molecule has 9 heteroatoms. The van der Waals surface area contributed by atoms with E-state index >= 15 is 0 Å². The monoisotopic (exact) mass is 523 g/mol. The molecule has 3 heterocycles. The van der Waals surface area contributed by atoms with Crippen LogP contribution in [0.25, 0.3) is 28.0 Å². The van der Waals surface area contributed by atoms with E-state index in [-0.39, 0.29) is 6.04 Å². The molecule has 2 aromatic heterocycles. The molecule has 2 aromatic carbocycles. The van der Waals surface area contributed by atoms with Gasteiger partial charge in [0.15, 0.2) is 5.65 Å². The standard InChI is InChI=1S/C27H27Cl2N5O2/c1-17(2)31-27(26(35)36)12-15-33(16-13-27)22-11-14-30-25-23(18-7-9-19(28)10-8-18)24(32-34(22)25)20-5-3-4-6-21(20)29/h3-11,14,17,31H,12-13,15-16H2,1-2H3,(H,35,36). The number of fused-ring (bicyclic) bond motifs is 1. The van der Waals surface area contributed by atoms with Crippen LogP contribution in [-0.4, -0.2) is 50.3 Å². The van der Waals surface area contributed by atoms with Crippen LogP contribution in [0.2, 0.25) is 10.0 Å². The molecule has 0 bridgehead atoms. The molecular formula is C27H27Cl2N5O2. The minimum atomic E-state index is -0.932.